The molecule has 3 rings (SSSR count). The molecule has 0 nitrogen and oxygen atoms in total. The Bertz CT molecular complexity index is 572. The maximum absolute atomic E-state index is 2.48. The number of hydrogen-bond donors (Lipinski definition) is 0. The SMILES string of the molecule is CCCCCCc1ccc2c(c1)[I+]c1ccccc1-2. The fourth-order valence-electron chi connectivity index (χ4n) is 2.64. The number of rotatable bonds is 5. The Hall–Kier alpha value is -0.830. The number of aryl methyl sites for hydroxylation is 1. The van der Waals surface area contributed by atoms with E-state index in [1.807, 2.05) is 0 Å². The molecular weight excluding hydrogens is 343 g/mol. The Kier molecular flexibility index (Phi) is 4.21. The highest BCUT2D eigenvalue weighted by atomic mass is 127. The van der Waals surface area contributed by atoms with Crippen LogP contribution in [-0.2, 0) is 6.42 Å². The van der Waals surface area contributed by atoms with Crippen LogP contribution in [-0.4, -0.2) is 0 Å². The Morgan fingerprint density at radius 1 is 0.842 bits per heavy atom. The van der Waals surface area contributed by atoms with Gasteiger partial charge in [0.05, 0.1) is 0 Å². The van der Waals surface area contributed by atoms with Crippen molar-refractivity contribution in [1.29, 1.82) is 0 Å². The minimum absolute atomic E-state index is 0.0631. The van der Waals surface area contributed by atoms with Crippen molar-refractivity contribution in [2.75, 3.05) is 0 Å². The molecule has 0 atom stereocenters. The van der Waals surface area contributed by atoms with Crippen molar-refractivity contribution in [3.8, 4) is 11.1 Å². The maximum atomic E-state index is 2.48. The summed E-state index contributed by atoms with van der Waals surface area (Å²) in [7, 11) is 0. The molecule has 0 amide bonds. The molecule has 0 radical (unpaired) electrons. The summed E-state index contributed by atoms with van der Waals surface area (Å²) in [5, 5.41) is 0. The second kappa shape index (κ2) is 6.08. The first kappa shape index (κ1) is 13.2. The van der Waals surface area contributed by atoms with Crippen molar-refractivity contribution in [1.82, 2.24) is 0 Å². The van der Waals surface area contributed by atoms with Gasteiger partial charge < -0.3 is 0 Å². The Morgan fingerprint density at radius 2 is 1.68 bits per heavy atom. The molecule has 0 aliphatic carbocycles. The molecule has 2 aromatic rings. The summed E-state index contributed by atoms with van der Waals surface area (Å²) in [5.74, 6) is 0. The first-order valence-electron chi connectivity index (χ1n) is 7.25. The molecule has 0 bridgehead atoms. The van der Waals surface area contributed by atoms with E-state index in [0.29, 0.717) is 0 Å². The van der Waals surface area contributed by atoms with Crippen LogP contribution in [0.2, 0.25) is 0 Å². The zero-order valence-electron chi connectivity index (χ0n) is 11.5. The molecule has 1 heteroatoms. The van der Waals surface area contributed by atoms with Gasteiger partial charge in [-0.3, -0.25) is 0 Å². The van der Waals surface area contributed by atoms with E-state index in [1.54, 1.807) is 12.7 Å². The van der Waals surface area contributed by atoms with E-state index in [4.69, 9.17) is 0 Å². The molecule has 0 aromatic heterocycles. The molecule has 0 N–H and O–H groups in total. The first-order valence-corrected chi connectivity index (χ1v) is 9.41. The number of halogens is 1. The average Bonchev–Trinajstić information content (AvgIpc) is 2.81. The molecule has 1 aliphatic heterocycles. The van der Waals surface area contributed by atoms with Crippen LogP contribution in [0.3, 0.4) is 0 Å². The third-order valence-electron chi connectivity index (χ3n) is 3.72. The van der Waals surface area contributed by atoms with E-state index >= 15 is 0 Å². The molecule has 0 saturated carbocycles. The fourth-order valence-corrected chi connectivity index (χ4v) is 5.73. The summed E-state index contributed by atoms with van der Waals surface area (Å²) in [6, 6.07) is 16.1. The Morgan fingerprint density at radius 3 is 2.58 bits per heavy atom. The quantitative estimate of drug-likeness (QED) is 0.480. The van der Waals surface area contributed by atoms with E-state index in [9.17, 15) is 0 Å². The van der Waals surface area contributed by atoms with Crippen LogP contribution in [0.4, 0.5) is 0 Å². The normalized spacial score (nSPS) is 12.3. The highest BCUT2D eigenvalue weighted by Crippen LogP contribution is 2.23. The molecule has 2 aromatic carbocycles. The maximum Gasteiger partial charge on any atom is 0.359 e. The van der Waals surface area contributed by atoms with Crippen LogP contribution in [0.25, 0.3) is 11.1 Å². The van der Waals surface area contributed by atoms with Crippen molar-refractivity contribution < 1.29 is 21.2 Å². The molecular formula is C18H20I+. The van der Waals surface area contributed by atoms with Crippen LogP contribution in [0, 0.1) is 7.14 Å². The van der Waals surface area contributed by atoms with Gasteiger partial charge in [0.2, 0.25) is 7.14 Å². The standard InChI is InChI=1S/C18H20I/c1-2-3-4-5-8-14-11-12-16-15-9-6-7-10-17(15)19-18(16)13-14/h6-7,9-13H,2-5,8H2,1H3/q+1. The summed E-state index contributed by atoms with van der Waals surface area (Å²) in [5.41, 5.74) is 4.53. The molecule has 0 spiro atoms. The smallest absolute Gasteiger partial charge is 0.0654 e. The van der Waals surface area contributed by atoms with Crippen LogP contribution in [0.1, 0.15) is 38.2 Å². The van der Waals surface area contributed by atoms with Crippen molar-refractivity contribution in [3.05, 3.63) is 55.2 Å². The van der Waals surface area contributed by atoms with Crippen molar-refractivity contribution in [2.24, 2.45) is 0 Å². The predicted octanol–water partition coefficient (Wildman–Crippen LogP) is 1.92. The first-order chi connectivity index (χ1) is 9.38. The summed E-state index contributed by atoms with van der Waals surface area (Å²) >= 11 is 0.0631. The zero-order chi connectivity index (χ0) is 13.1. The largest absolute Gasteiger partial charge is 0.359 e. The number of unbranched alkanes of at least 4 members (excludes halogenated alkanes) is 3. The van der Waals surface area contributed by atoms with E-state index in [0.717, 1.165) is 0 Å². The van der Waals surface area contributed by atoms with Gasteiger partial charge in [-0.05, 0) is 42.7 Å². The van der Waals surface area contributed by atoms with Gasteiger partial charge in [-0.25, -0.2) is 0 Å². The van der Waals surface area contributed by atoms with Crippen LogP contribution in [0.5, 0.6) is 0 Å². The second-order valence-electron chi connectivity index (χ2n) is 5.20. The van der Waals surface area contributed by atoms with E-state index < -0.39 is 0 Å². The molecule has 0 saturated heterocycles. The van der Waals surface area contributed by atoms with Crippen LogP contribution >= 0.6 is 0 Å². The predicted molar refractivity (Wildman–Crippen MR) is 77.1 cm³/mol. The second-order valence-corrected chi connectivity index (χ2v) is 8.06. The lowest BCUT2D eigenvalue weighted by molar-refractivity contribution is -0.589. The topological polar surface area (TPSA) is 0 Å². The van der Waals surface area contributed by atoms with Gasteiger partial charge in [0, 0.05) is 11.1 Å². The monoisotopic (exact) mass is 363 g/mol. The lowest BCUT2D eigenvalue weighted by Crippen LogP contribution is -3.61. The van der Waals surface area contributed by atoms with E-state index in [2.05, 4.69) is 49.4 Å². The zero-order valence-corrected chi connectivity index (χ0v) is 13.6. The van der Waals surface area contributed by atoms with Gasteiger partial charge >= 0.3 is 21.2 Å². The van der Waals surface area contributed by atoms with Crippen LogP contribution < -0.4 is 21.2 Å². The van der Waals surface area contributed by atoms with Crippen molar-refractivity contribution >= 4 is 0 Å². The van der Waals surface area contributed by atoms with E-state index in [1.165, 1.54) is 43.2 Å². The van der Waals surface area contributed by atoms with Crippen molar-refractivity contribution in [2.45, 2.75) is 39.0 Å². The summed E-state index contributed by atoms with van der Waals surface area (Å²) in [4.78, 5) is 0. The highest BCUT2D eigenvalue weighted by Gasteiger charge is 2.32. The Balaban J connectivity index is 1.74. The molecule has 0 unspecified atom stereocenters. The third-order valence-corrected chi connectivity index (χ3v) is 6.72. The molecule has 98 valence electrons. The summed E-state index contributed by atoms with van der Waals surface area (Å²) < 4.78 is 3.23. The molecule has 1 aliphatic rings. The molecule has 19 heavy (non-hydrogen) atoms. The summed E-state index contributed by atoms with van der Waals surface area (Å²) in [6.07, 6.45) is 6.68. The van der Waals surface area contributed by atoms with Crippen LogP contribution in [0.15, 0.2) is 42.5 Å². The number of benzene rings is 2. The number of hydrogen-bond acceptors (Lipinski definition) is 0. The molecule has 1 heterocycles. The van der Waals surface area contributed by atoms with Gasteiger partial charge in [-0.2, -0.15) is 0 Å². The highest BCUT2D eigenvalue weighted by molar-refractivity contribution is 5.64. The third kappa shape index (κ3) is 2.86. The lowest BCUT2D eigenvalue weighted by Gasteiger charge is -2.01. The summed E-state index contributed by atoms with van der Waals surface area (Å²) in [6.45, 7) is 2.27. The van der Waals surface area contributed by atoms with Gasteiger partial charge in [-0.15, -0.1) is 0 Å². The minimum atomic E-state index is 0.0631. The average molecular weight is 363 g/mol. The van der Waals surface area contributed by atoms with E-state index in [-0.39, 0.29) is 21.2 Å². The molecule has 0 fully saturated rings. The van der Waals surface area contributed by atoms with Gasteiger partial charge in [0.25, 0.3) is 0 Å². The number of fused-ring (bicyclic) bond motifs is 3. The van der Waals surface area contributed by atoms with Gasteiger partial charge in [0.15, 0.2) is 0 Å². The lowest BCUT2D eigenvalue weighted by atomic mass is 10.0. The Labute approximate surface area is 126 Å². The van der Waals surface area contributed by atoms with Gasteiger partial charge in [0.1, 0.15) is 0 Å². The van der Waals surface area contributed by atoms with Crippen molar-refractivity contribution in [3.63, 3.8) is 0 Å². The fraction of sp³-hybridized carbons (Fsp3) is 0.333. The van der Waals surface area contributed by atoms with Gasteiger partial charge in [-0.1, -0.05) is 44.4 Å². The minimum Gasteiger partial charge on any atom is -0.0654 e.